The van der Waals surface area contributed by atoms with Crippen LogP contribution in [-0.4, -0.2) is 23.6 Å². The van der Waals surface area contributed by atoms with Crippen molar-refractivity contribution in [3.8, 4) is 0 Å². The third-order valence-corrected chi connectivity index (χ3v) is 0.834. The van der Waals surface area contributed by atoms with E-state index < -0.39 is 12.0 Å². The number of carboxylic acid groups (broad SMARTS) is 1. The Kier molecular flexibility index (Phi) is 3.64. The van der Waals surface area contributed by atoms with Gasteiger partial charge in [-0.2, -0.15) is 0 Å². The van der Waals surface area contributed by atoms with Crippen LogP contribution in [0.25, 0.3) is 0 Å². The molecule has 0 rings (SSSR count). The maximum Gasteiger partial charge on any atom is 0.328 e. The Morgan fingerprint density at radius 3 is 2.90 bits per heavy atom. The Morgan fingerprint density at radius 2 is 2.50 bits per heavy atom. The zero-order chi connectivity index (χ0) is 8.91. The summed E-state index contributed by atoms with van der Waals surface area (Å²) in [5, 5.41) is 11.0. The van der Waals surface area contributed by atoms with Gasteiger partial charge in [0.15, 0.2) is 0 Å². The first-order valence-corrected chi connectivity index (χ1v) is 3.06. The second-order valence-electron chi connectivity index (χ2n) is 2.12. The molecule has 0 aromatic heterocycles. The van der Waals surface area contributed by atoms with Crippen LogP contribution in [0, 0.1) is 0 Å². The summed E-state index contributed by atoms with van der Waals surface area (Å²) < 4.78 is 7.33. The molecule has 2 N–H and O–H groups in total. The molecule has 0 aliphatic heterocycles. The molecule has 0 radical (unpaired) electrons. The molecule has 0 aliphatic carbocycles. The fourth-order valence-corrected chi connectivity index (χ4v) is 0.423. The Balaban J connectivity index is 3.50. The average molecular weight is 144 g/mol. The van der Waals surface area contributed by atoms with Crippen molar-refractivity contribution in [2.24, 2.45) is 0 Å². The van der Waals surface area contributed by atoms with Crippen molar-refractivity contribution in [3.63, 3.8) is 0 Å². The number of hydrogen-bond acceptors (Lipinski definition) is 2. The van der Waals surface area contributed by atoms with Crippen LogP contribution in [0.3, 0.4) is 0 Å². The zero-order valence-corrected chi connectivity index (χ0v) is 6.22. The molecule has 0 fully saturated rings. The molecule has 58 valence electrons. The second kappa shape index (κ2) is 4.99. The summed E-state index contributed by atoms with van der Waals surface area (Å²) in [6, 6.07) is -0.706. The molecule has 0 heterocycles. The molecule has 0 aliphatic rings. The van der Waals surface area contributed by atoms with Crippen LogP contribution in [-0.2, 0) is 4.79 Å². The van der Waals surface area contributed by atoms with Crippen molar-refractivity contribution in [1.82, 2.24) is 5.32 Å². The van der Waals surface area contributed by atoms with E-state index in [0.29, 0.717) is 6.54 Å². The molecule has 0 aromatic rings. The normalized spacial score (nSPS) is 13.6. The Bertz CT molecular complexity index is 160. The Labute approximate surface area is 62.1 Å². The molecule has 0 saturated heterocycles. The highest BCUT2D eigenvalue weighted by molar-refractivity contribution is 5.79. The Hall–Kier alpha value is -0.830. The van der Waals surface area contributed by atoms with Crippen LogP contribution in [0.15, 0.2) is 12.2 Å². The van der Waals surface area contributed by atoms with Gasteiger partial charge in [0.2, 0.25) is 0 Å². The van der Waals surface area contributed by atoms with Crippen LogP contribution in [0.4, 0.5) is 0 Å². The van der Waals surface area contributed by atoms with Gasteiger partial charge in [-0.25, -0.2) is 4.79 Å². The molecule has 0 atom stereocenters. The van der Waals surface area contributed by atoms with Crippen LogP contribution < -0.4 is 5.32 Å². The van der Waals surface area contributed by atoms with E-state index in [9.17, 15) is 4.79 Å². The minimum Gasteiger partial charge on any atom is -0.478 e. The fraction of sp³-hybridized carbons (Fsp3) is 0.571. The molecular formula is C7H13NO2. The predicted molar refractivity (Wildman–Crippen MR) is 39.9 cm³/mol. The number of nitrogens with one attached hydrogen (secondary N) is 1. The lowest BCUT2D eigenvalue weighted by atomic mass is 10.4. The first kappa shape index (κ1) is 7.28. The van der Waals surface area contributed by atoms with E-state index in [-0.39, 0.29) is 0 Å². The first-order valence-electron chi connectivity index (χ1n) is 3.56. The summed E-state index contributed by atoms with van der Waals surface area (Å²) in [6.45, 7) is 3.80. The minimum absolute atomic E-state index is 0.406. The van der Waals surface area contributed by atoms with Gasteiger partial charge in [-0.15, -0.1) is 0 Å². The highest BCUT2D eigenvalue weighted by Gasteiger charge is 1.87. The number of carbonyl (C=O) groups is 1. The second-order valence-corrected chi connectivity index (χ2v) is 2.12. The van der Waals surface area contributed by atoms with E-state index in [4.69, 9.17) is 6.48 Å². The molecule has 0 unspecified atom stereocenters. The summed E-state index contributed by atoms with van der Waals surface area (Å²) in [7, 11) is 0. The lowest BCUT2D eigenvalue weighted by Gasteiger charge is -2.02. The van der Waals surface area contributed by atoms with E-state index in [1.807, 2.05) is 0 Å². The molecule has 3 heteroatoms. The number of rotatable bonds is 4. The lowest BCUT2D eigenvalue weighted by molar-refractivity contribution is -0.131. The number of aliphatic carboxylic acids is 1. The SMILES string of the molecule is [2H]C(C)(C)NC/C=C/C(=O)O. The maximum absolute atomic E-state index is 9.96. The van der Waals surface area contributed by atoms with Crippen molar-refractivity contribution < 1.29 is 11.3 Å². The molecule has 0 saturated carbocycles. The van der Waals surface area contributed by atoms with Gasteiger partial charge in [-0.3, -0.25) is 0 Å². The monoisotopic (exact) mass is 144 g/mol. The van der Waals surface area contributed by atoms with E-state index in [1.54, 1.807) is 13.8 Å². The largest absolute Gasteiger partial charge is 0.478 e. The quantitative estimate of drug-likeness (QED) is 0.569. The van der Waals surface area contributed by atoms with Gasteiger partial charge in [0.1, 0.15) is 0 Å². The molecule has 0 amide bonds. The topological polar surface area (TPSA) is 49.3 Å². The summed E-state index contributed by atoms with van der Waals surface area (Å²) in [4.78, 5) is 9.96. The highest BCUT2D eigenvalue weighted by Crippen LogP contribution is 1.76. The van der Waals surface area contributed by atoms with Gasteiger partial charge in [0, 0.05) is 20.0 Å². The van der Waals surface area contributed by atoms with Crippen LogP contribution in [0.5, 0.6) is 0 Å². The summed E-state index contributed by atoms with van der Waals surface area (Å²) >= 11 is 0. The van der Waals surface area contributed by atoms with Crippen LogP contribution in [0.1, 0.15) is 15.2 Å². The Morgan fingerprint density at radius 1 is 1.90 bits per heavy atom. The van der Waals surface area contributed by atoms with Crippen molar-refractivity contribution in [2.75, 3.05) is 6.54 Å². The lowest BCUT2D eigenvalue weighted by Crippen LogP contribution is -2.22. The van der Waals surface area contributed by atoms with E-state index in [1.165, 1.54) is 6.08 Å². The third-order valence-electron chi connectivity index (χ3n) is 0.834. The van der Waals surface area contributed by atoms with Gasteiger partial charge < -0.3 is 10.4 Å². The van der Waals surface area contributed by atoms with Crippen molar-refractivity contribution in [2.45, 2.75) is 19.9 Å². The van der Waals surface area contributed by atoms with Crippen LogP contribution >= 0.6 is 0 Å². The third kappa shape index (κ3) is 7.17. The van der Waals surface area contributed by atoms with Gasteiger partial charge in [0.25, 0.3) is 0 Å². The number of hydrogen-bond donors (Lipinski definition) is 2. The predicted octanol–water partition coefficient (Wildman–Crippen LogP) is 0.625. The molecule has 0 spiro atoms. The smallest absolute Gasteiger partial charge is 0.328 e. The number of carboxylic acids is 1. The van der Waals surface area contributed by atoms with Gasteiger partial charge in [-0.05, 0) is 0 Å². The van der Waals surface area contributed by atoms with Crippen molar-refractivity contribution in [3.05, 3.63) is 12.2 Å². The van der Waals surface area contributed by atoms with E-state index in [0.717, 1.165) is 6.08 Å². The van der Waals surface area contributed by atoms with E-state index >= 15 is 0 Å². The first-order chi connectivity index (χ1) is 4.92. The molecule has 3 nitrogen and oxygen atoms in total. The summed E-state index contributed by atoms with van der Waals surface area (Å²) in [6.07, 6.45) is 2.53. The maximum atomic E-state index is 9.96. The summed E-state index contributed by atoms with van der Waals surface area (Å²) in [5.41, 5.74) is 0. The van der Waals surface area contributed by atoms with Crippen molar-refractivity contribution >= 4 is 5.97 Å². The highest BCUT2D eigenvalue weighted by atomic mass is 16.4. The van der Waals surface area contributed by atoms with Gasteiger partial charge in [-0.1, -0.05) is 19.9 Å². The molecular weight excluding hydrogens is 130 g/mol. The minimum atomic E-state index is -0.963. The molecule has 0 aromatic carbocycles. The average Bonchev–Trinajstić information content (AvgIpc) is 1.78. The van der Waals surface area contributed by atoms with Gasteiger partial charge in [0.05, 0.1) is 0 Å². The molecule has 10 heavy (non-hydrogen) atoms. The standard InChI is InChI=1S/C7H13NO2/c1-6(2)8-5-3-4-7(9)10/h3-4,6,8H,5H2,1-2H3,(H,9,10)/b4-3+/i6D. The fourth-order valence-electron chi connectivity index (χ4n) is 0.423. The van der Waals surface area contributed by atoms with E-state index in [2.05, 4.69) is 5.32 Å². The van der Waals surface area contributed by atoms with Crippen LogP contribution in [0.2, 0.25) is 0 Å². The van der Waals surface area contributed by atoms with Gasteiger partial charge >= 0.3 is 5.97 Å². The zero-order valence-electron chi connectivity index (χ0n) is 7.22. The summed E-state index contributed by atoms with van der Waals surface area (Å²) in [5.74, 6) is -0.963. The van der Waals surface area contributed by atoms with Crippen molar-refractivity contribution in [1.29, 1.82) is 0 Å². The molecule has 0 bridgehead atoms.